The molecule has 1 saturated carbocycles. The Labute approximate surface area is 203 Å². The van der Waals surface area contributed by atoms with Gasteiger partial charge in [0.2, 0.25) is 5.76 Å². The van der Waals surface area contributed by atoms with Crippen LogP contribution in [0.2, 0.25) is 0 Å². The molecule has 1 aliphatic rings. The molecule has 0 radical (unpaired) electrons. The van der Waals surface area contributed by atoms with Crippen molar-refractivity contribution >= 4 is 5.97 Å². The standard InChI is InChI=1S/C27H30FNO6/c1-27(2)13-18(14-27)15-34-26-23(16-33-20-6-4-5-17(11-20)7-10-24(30)31)29-35-25(26)21-12-19(32-3)8-9-22(21)28/h4-6,8-9,11-12,18H,7,10,13-16H2,1-3H3,(H,30,31). The summed E-state index contributed by atoms with van der Waals surface area (Å²) in [6.07, 6.45) is 2.55. The summed E-state index contributed by atoms with van der Waals surface area (Å²) in [7, 11) is 1.51. The second-order valence-corrected chi connectivity index (χ2v) is 9.71. The van der Waals surface area contributed by atoms with Crippen molar-refractivity contribution in [2.24, 2.45) is 11.3 Å². The summed E-state index contributed by atoms with van der Waals surface area (Å²) < 4.78 is 37.6. The van der Waals surface area contributed by atoms with Gasteiger partial charge in [-0.2, -0.15) is 0 Å². The van der Waals surface area contributed by atoms with E-state index < -0.39 is 11.8 Å². The third kappa shape index (κ3) is 6.12. The lowest BCUT2D eigenvalue weighted by Crippen LogP contribution is -2.35. The van der Waals surface area contributed by atoms with Crippen LogP contribution in [0.25, 0.3) is 11.3 Å². The topological polar surface area (TPSA) is 91.0 Å². The Morgan fingerprint density at radius 2 is 1.97 bits per heavy atom. The average Bonchev–Trinajstić information content (AvgIpc) is 3.21. The Hall–Kier alpha value is -3.55. The van der Waals surface area contributed by atoms with E-state index in [9.17, 15) is 9.18 Å². The molecule has 0 unspecified atom stereocenters. The monoisotopic (exact) mass is 483 g/mol. The molecule has 1 heterocycles. The fourth-order valence-corrected chi connectivity index (χ4v) is 4.55. The molecule has 7 nitrogen and oxygen atoms in total. The van der Waals surface area contributed by atoms with Crippen molar-refractivity contribution in [3.63, 3.8) is 0 Å². The number of methoxy groups -OCH3 is 1. The number of rotatable bonds is 11. The van der Waals surface area contributed by atoms with E-state index >= 15 is 0 Å². The minimum atomic E-state index is -0.854. The number of carbonyl (C=O) groups is 1. The zero-order valence-electron chi connectivity index (χ0n) is 20.2. The Morgan fingerprint density at radius 1 is 1.17 bits per heavy atom. The normalized spacial score (nSPS) is 14.9. The first kappa shape index (κ1) is 24.6. The van der Waals surface area contributed by atoms with Gasteiger partial charge in [0.15, 0.2) is 11.4 Å². The van der Waals surface area contributed by atoms with Crippen LogP contribution in [0.15, 0.2) is 47.0 Å². The number of hydrogen-bond acceptors (Lipinski definition) is 6. The highest BCUT2D eigenvalue weighted by atomic mass is 19.1. The van der Waals surface area contributed by atoms with Gasteiger partial charge >= 0.3 is 5.97 Å². The molecule has 0 spiro atoms. The van der Waals surface area contributed by atoms with Gasteiger partial charge in [0.25, 0.3) is 0 Å². The maximum Gasteiger partial charge on any atom is 0.303 e. The highest BCUT2D eigenvalue weighted by Crippen LogP contribution is 2.45. The largest absolute Gasteiger partial charge is 0.497 e. The van der Waals surface area contributed by atoms with E-state index in [1.807, 2.05) is 12.1 Å². The molecule has 1 N–H and O–H groups in total. The minimum absolute atomic E-state index is 0.0398. The molecule has 0 bridgehead atoms. The molecule has 4 rings (SSSR count). The number of aryl methyl sites for hydroxylation is 1. The van der Waals surface area contributed by atoms with Gasteiger partial charge in [-0.05, 0) is 66.5 Å². The van der Waals surface area contributed by atoms with Gasteiger partial charge in [0.05, 0.1) is 19.3 Å². The minimum Gasteiger partial charge on any atom is -0.497 e. The van der Waals surface area contributed by atoms with Crippen LogP contribution in [0, 0.1) is 17.2 Å². The summed E-state index contributed by atoms with van der Waals surface area (Å²) in [5.74, 6) is 0.667. The van der Waals surface area contributed by atoms with Crippen LogP contribution in [-0.4, -0.2) is 29.9 Å². The average molecular weight is 484 g/mol. The van der Waals surface area contributed by atoms with Crippen molar-refractivity contribution in [3.05, 3.63) is 59.5 Å². The van der Waals surface area contributed by atoms with E-state index in [2.05, 4.69) is 19.0 Å². The van der Waals surface area contributed by atoms with Crippen LogP contribution in [0.1, 0.15) is 44.4 Å². The van der Waals surface area contributed by atoms with Gasteiger partial charge in [0.1, 0.15) is 23.9 Å². The van der Waals surface area contributed by atoms with Crippen molar-refractivity contribution in [2.45, 2.75) is 46.1 Å². The van der Waals surface area contributed by atoms with Crippen molar-refractivity contribution < 1.29 is 33.0 Å². The Balaban J connectivity index is 1.55. The van der Waals surface area contributed by atoms with Crippen LogP contribution in [0.5, 0.6) is 17.2 Å². The highest BCUT2D eigenvalue weighted by molar-refractivity contribution is 5.68. The third-order valence-electron chi connectivity index (χ3n) is 6.18. The summed E-state index contributed by atoms with van der Waals surface area (Å²) in [5, 5.41) is 13.0. The first-order valence-electron chi connectivity index (χ1n) is 11.6. The van der Waals surface area contributed by atoms with Crippen molar-refractivity contribution in [1.29, 1.82) is 0 Å². The number of carboxylic acids is 1. The Bertz CT molecular complexity index is 1180. The fraction of sp³-hybridized carbons (Fsp3) is 0.407. The third-order valence-corrected chi connectivity index (χ3v) is 6.18. The predicted molar refractivity (Wildman–Crippen MR) is 127 cm³/mol. The highest BCUT2D eigenvalue weighted by Gasteiger charge is 2.37. The van der Waals surface area contributed by atoms with E-state index in [-0.39, 0.29) is 24.4 Å². The van der Waals surface area contributed by atoms with Crippen LogP contribution in [0.4, 0.5) is 4.39 Å². The van der Waals surface area contributed by atoms with Crippen molar-refractivity contribution in [1.82, 2.24) is 5.16 Å². The summed E-state index contributed by atoms with van der Waals surface area (Å²) in [6, 6.07) is 11.6. The van der Waals surface area contributed by atoms with E-state index in [0.29, 0.717) is 47.3 Å². The number of aromatic nitrogens is 1. The number of ether oxygens (including phenoxy) is 3. The van der Waals surface area contributed by atoms with Crippen LogP contribution in [0.3, 0.4) is 0 Å². The zero-order chi connectivity index (χ0) is 25.0. The number of benzene rings is 2. The summed E-state index contributed by atoms with van der Waals surface area (Å²) in [5.41, 5.74) is 1.77. The second-order valence-electron chi connectivity index (χ2n) is 9.71. The van der Waals surface area contributed by atoms with Gasteiger partial charge in [-0.3, -0.25) is 4.79 Å². The molecule has 0 saturated heterocycles. The molecule has 1 aromatic heterocycles. The maximum atomic E-state index is 14.7. The molecule has 2 aromatic carbocycles. The van der Waals surface area contributed by atoms with Crippen molar-refractivity contribution in [2.75, 3.05) is 13.7 Å². The van der Waals surface area contributed by atoms with Gasteiger partial charge in [-0.25, -0.2) is 4.39 Å². The molecule has 186 valence electrons. The first-order chi connectivity index (χ1) is 16.7. The lowest BCUT2D eigenvalue weighted by Gasteiger charge is -2.42. The predicted octanol–water partition coefficient (Wildman–Crippen LogP) is 5.90. The maximum absolute atomic E-state index is 14.7. The molecule has 0 aliphatic heterocycles. The molecule has 1 fully saturated rings. The Morgan fingerprint density at radius 3 is 2.69 bits per heavy atom. The SMILES string of the molecule is COc1ccc(F)c(-c2onc(COc3cccc(CCC(=O)O)c3)c2OCC2CC(C)(C)C2)c1. The van der Waals surface area contributed by atoms with Gasteiger partial charge in [-0.15, -0.1) is 0 Å². The summed E-state index contributed by atoms with van der Waals surface area (Å²) >= 11 is 0. The number of nitrogens with zero attached hydrogens (tertiary/aromatic N) is 1. The van der Waals surface area contributed by atoms with Gasteiger partial charge in [0, 0.05) is 6.42 Å². The lowest BCUT2D eigenvalue weighted by molar-refractivity contribution is -0.136. The lowest BCUT2D eigenvalue weighted by atomic mass is 9.65. The van der Waals surface area contributed by atoms with Crippen LogP contribution < -0.4 is 14.2 Å². The smallest absolute Gasteiger partial charge is 0.303 e. The van der Waals surface area contributed by atoms with Gasteiger partial charge < -0.3 is 23.8 Å². The zero-order valence-corrected chi connectivity index (χ0v) is 20.2. The molecule has 0 amide bonds. The molecule has 0 atom stereocenters. The second kappa shape index (κ2) is 10.4. The first-order valence-corrected chi connectivity index (χ1v) is 11.6. The van der Waals surface area contributed by atoms with E-state index in [1.54, 1.807) is 18.2 Å². The number of aliphatic carboxylic acids is 1. The van der Waals surface area contributed by atoms with E-state index in [4.69, 9.17) is 23.8 Å². The van der Waals surface area contributed by atoms with Crippen molar-refractivity contribution in [3.8, 4) is 28.6 Å². The van der Waals surface area contributed by atoms with Crippen LogP contribution in [-0.2, 0) is 17.8 Å². The molecule has 1 aliphatic carbocycles. The summed E-state index contributed by atoms with van der Waals surface area (Å²) in [6.45, 7) is 4.97. The number of carboxylic acid groups (broad SMARTS) is 1. The molecule has 8 heteroatoms. The van der Waals surface area contributed by atoms with E-state index in [1.165, 1.54) is 19.2 Å². The molecular formula is C27H30FNO6. The van der Waals surface area contributed by atoms with E-state index in [0.717, 1.165) is 18.4 Å². The van der Waals surface area contributed by atoms with Crippen LogP contribution >= 0.6 is 0 Å². The number of hydrogen-bond donors (Lipinski definition) is 1. The quantitative estimate of drug-likeness (QED) is 0.363. The fourth-order valence-electron chi connectivity index (χ4n) is 4.55. The summed E-state index contributed by atoms with van der Waals surface area (Å²) in [4.78, 5) is 10.9. The Kier molecular flexibility index (Phi) is 7.28. The molecule has 3 aromatic rings. The molecular weight excluding hydrogens is 453 g/mol. The molecule has 35 heavy (non-hydrogen) atoms. The number of halogens is 1. The van der Waals surface area contributed by atoms with Gasteiger partial charge in [-0.1, -0.05) is 31.1 Å².